The smallest absolute Gasteiger partial charge is 0.104 e. The lowest BCUT2D eigenvalue weighted by Crippen LogP contribution is -3.00. The minimum Gasteiger partial charge on any atom is -1.00 e. The highest BCUT2D eigenvalue weighted by atomic mass is 35.5. The third-order valence-electron chi connectivity index (χ3n) is 3.47. The summed E-state index contributed by atoms with van der Waals surface area (Å²) in [5.41, 5.74) is 1.46. The lowest BCUT2D eigenvalue weighted by Gasteiger charge is -2.35. The predicted octanol–water partition coefficient (Wildman–Crippen LogP) is -0.962. The van der Waals surface area contributed by atoms with Gasteiger partial charge in [-0.3, -0.25) is 0 Å². The Bertz CT molecular complexity index is 279. The minimum absolute atomic E-state index is 0. The monoisotopic (exact) mass is 289 g/mol. The summed E-state index contributed by atoms with van der Waals surface area (Å²) in [7, 11) is 0. The lowest BCUT2D eigenvalue weighted by atomic mass is 10.2. The second-order valence-corrected chi connectivity index (χ2v) is 4.38. The number of aliphatic hydroxyl groups is 2. The van der Waals surface area contributed by atoms with Gasteiger partial charge in [0.1, 0.15) is 6.54 Å². The Morgan fingerprint density at radius 1 is 0.842 bits per heavy atom. The number of halogens is 1. The summed E-state index contributed by atoms with van der Waals surface area (Å²) in [6.07, 6.45) is 0. The fraction of sp³-hybridized carbons (Fsp3) is 0.600. The highest BCUT2D eigenvalue weighted by Gasteiger charge is 2.20. The van der Waals surface area contributed by atoms with Gasteiger partial charge in [-0.15, -0.1) is 0 Å². The van der Waals surface area contributed by atoms with Gasteiger partial charge in [0.2, 0.25) is 0 Å². The largest absolute Gasteiger partial charge is 1.00 e. The van der Waals surface area contributed by atoms with Gasteiger partial charge in [0.15, 0.2) is 0 Å². The van der Waals surface area contributed by atoms with E-state index in [9.17, 15) is 0 Å². The topological polar surface area (TPSA) is 40.5 Å². The van der Waals surface area contributed by atoms with Crippen LogP contribution in [0.25, 0.3) is 0 Å². The molecule has 0 unspecified atom stereocenters. The second-order valence-electron chi connectivity index (χ2n) is 4.38. The van der Waals surface area contributed by atoms with Crippen LogP contribution in [0.5, 0.6) is 0 Å². The maximum Gasteiger partial charge on any atom is 0.104 e. The van der Waals surface area contributed by atoms with Crippen LogP contribution < -0.4 is 12.4 Å². The molecule has 0 amide bonds. The van der Waals surface area contributed by atoms with Gasteiger partial charge in [0.05, 0.1) is 32.8 Å². The van der Waals surface area contributed by atoms with Crippen molar-refractivity contribution < 1.29 is 27.1 Å². The molecule has 1 aromatic carbocycles. The minimum atomic E-state index is -0.125. The quantitative estimate of drug-likeness (QED) is 0.662. The van der Waals surface area contributed by atoms with Crippen LogP contribution in [0.4, 0.5) is 0 Å². The summed E-state index contributed by atoms with van der Waals surface area (Å²) in [5, 5.41) is 15.2. The van der Waals surface area contributed by atoms with E-state index in [-0.39, 0.29) is 25.6 Å². The van der Waals surface area contributed by atoms with Gasteiger partial charge < -0.3 is 27.1 Å². The Morgan fingerprint density at radius 3 is 1.58 bits per heavy atom. The first-order valence-corrected chi connectivity index (χ1v) is 6.78. The van der Waals surface area contributed by atoms with Crippen molar-refractivity contribution in [3.05, 3.63) is 35.9 Å². The van der Waals surface area contributed by atoms with E-state index >= 15 is 0 Å². The second kappa shape index (κ2) is 12.4. The van der Waals surface area contributed by atoms with Gasteiger partial charge in [0.25, 0.3) is 0 Å². The van der Waals surface area contributed by atoms with Crippen molar-refractivity contribution in [2.24, 2.45) is 0 Å². The zero-order valence-electron chi connectivity index (χ0n) is 12.3. The van der Waals surface area contributed by atoms with Crippen molar-refractivity contribution in [2.75, 3.05) is 32.8 Å². The molecule has 0 aliphatic carbocycles. The summed E-state index contributed by atoms with van der Waals surface area (Å²) in [6.45, 7) is 11.5. The number of nitrogens with zero attached hydrogens (tertiary/aromatic N) is 1. The van der Waals surface area contributed by atoms with Gasteiger partial charge >= 0.3 is 0 Å². The normalized spacial score (nSPS) is 10.2. The Labute approximate surface area is 123 Å². The van der Waals surface area contributed by atoms with E-state index < -0.39 is 0 Å². The molecule has 0 heterocycles. The van der Waals surface area contributed by atoms with E-state index in [0.717, 1.165) is 0 Å². The Morgan fingerprint density at radius 2 is 1.26 bits per heavy atom. The summed E-state index contributed by atoms with van der Waals surface area (Å²) in [6, 6.07) is 10.8. The molecule has 0 saturated heterocycles. The molecule has 0 aliphatic rings. The summed E-state index contributed by atoms with van der Waals surface area (Å²) >= 11 is 0. The molecular formula is C15H28ClNO2. The third-order valence-corrected chi connectivity index (χ3v) is 3.47. The van der Waals surface area contributed by atoms with E-state index in [1.807, 2.05) is 0 Å². The van der Waals surface area contributed by atoms with Gasteiger partial charge in [-0.05, 0) is 20.8 Å². The maximum absolute atomic E-state index is 7.62. The van der Waals surface area contributed by atoms with Crippen molar-refractivity contribution in [3.63, 3.8) is 0 Å². The van der Waals surface area contributed by atoms with Crippen molar-refractivity contribution in [2.45, 2.75) is 27.3 Å². The first-order chi connectivity index (χ1) is 8.67. The SMILES string of the molecule is CC[N+](CC)(CC)Cc1ccccc1.OCCO.[Cl-]. The predicted molar refractivity (Wildman–Crippen MR) is 76.2 cm³/mol. The van der Waals surface area contributed by atoms with E-state index in [0.29, 0.717) is 0 Å². The molecule has 0 bridgehead atoms. The van der Waals surface area contributed by atoms with Crippen molar-refractivity contribution in [1.29, 1.82) is 0 Å². The Kier molecular flexibility index (Phi) is 13.5. The molecule has 0 aromatic heterocycles. The van der Waals surface area contributed by atoms with E-state index in [1.165, 1.54) is 36.2 Å². The van der Waals surface area contributed by atoms with Crippen LogP contribution in [-0.2, 0) is 6.54 Å². The highest BCUT2D eigenvalue weighted by molar-refractivity contribution is 5.13. The molecule has 0 fully saturated rings. The molecule has 2 N–H and O–H groups in total. The first-order valence-electron chi connectivity index (χ1n) is 6.78. The summed E-state index contributed by atoms with van der Waals surface area (Å²) < 4.78 is 1.20. The van der Waals surface area contributed by atoms with Crippen molar-refractivity contribution in [3.8, 4) is 0 Å². The van der Waals surface area contributed by atoms with E-state index in [4.69, 9.17) is 10.2 Å². The van der Waals surface area contributed by atoms with Crippen LogP contribution in [-0.4, -0.2) is 47.5 Å². The zero-order chi connectivity index (χ0) is 13.9. The van der Waals surface area contributed by atoms with Crippen LogP contribution in [0.2, 0.25) is 0 Å². The average molecular weight is 290 g/mol. The number of rotatable bonds is 6. The van der Waals surface area contributed by atoms with Crippen molar-refractivity contribution in [1.82, 2.24) is 0 Å². The van der Waals surface area contributed by atoms with Crippen LogP contribution in [0.3, 0.4) is 0 Å². The fourth-order valence-electron chi connectivity index (χ4n) is 1.98. The van der Waals surface area contributed by atoms with Crippen molar-refractivity contribution >= 4 is 0 Å². The standard InChI is InChI=1S/C13H22N.C2H6O2.ClH/c1-4-14(5-2,6-3)12-13-10-8-7-9-11-13;3-1-2-4;/h7-11H,4-6,12H2,1-3H3;3-4H,1-2H2;1H/q+1;;/p-1. The zero-order valence-corrected chi connectivity index (χ0v) is 13.1. The lowest BCUT2D eigenvalue weighted by molar-refractivity contribution is -0.936. The van der Waals surface area contributed by atoms with E-state index in [1.54, 1.807) is 0 Å². The van der Waals surface area contributed by atoms with Gasteiger partial charge in [-0.25, -0.2) is 0 Å². The van der Waals surface area contributed by atoms with Crippen LogP contribution in [0.1, 0.15) is 26.3 Å². The average Bonchev–Trinajstić information content (AvgIpc) is 2.46. The molecule has 112 valence electrons. The number of quaternary nitrogens is 1. The fourth-order valence-corrected chi connectivity index (χ4v) is 1.98. The molecule has 3 nitrogen and oxygen atoms in total. The molecule has 0 spiro atoms. The van der Waals surface area contributed by atoms with Crippen LogP contribution in [0.15, 0.2) is 30.3 Å². The molecular weight excluding hydrogens is 262 g/mol. The third kappa shape index (κ3) is 8.22. The van der Waals surface area contributed by atoms with Gasteiger partial charge in [-0.2, -0.15) is 0 Å². The first kappa shape index (κ1) is 20.7. The molecule has 0 aliphatic heterocycles. The molecule has 19 heavy (non-hydrogen) atoms. The molecule has 4 heteroatoms. The number of hydrogen-bond donors (Lipinski definition) is 2. The highest BCUT2D eigenvalue weighted by Crippen LogP contribution is 2.13. The Balaban J connectivity index is 0. The molecule has 0 saturated carbocycles. The Hall–Kier alpha value is -0.610. The van der Waals surface area contributed by atoms with Crippen LogP contribution >= 0.6 is 0 Å². The molecule has 1 aromatic rings. The molecule has 0 atom stereocenters. The van der Waals surface area contributed by atoms with Crippen LogP contribution in [0, 0.1) is 0 Å². The van der Waals surface area contributed by atoms with Gasteiger partial charge in [0, 0.05) is 5.56 Å². The van der Waals surface area contributed by atoms with Gasteiger partial charge in [-0.1, -0.05) is 30.3 Å². The molecule has 1 rings (SSSR count). The number of aliphatic hydroxyl groups excluding tert-OH is 2. The van der Waals surface area contributed by atoms with E-state index in [2.05, 4.69) is 51.1 Å². The summed E-state index contributed by atoms with van der Waals surface area (Å²) in [5.74, 6) is 0. The molecule has 0 radical (unpaired) electrons. The number of benzene rings is 1. The maximum atomic E-state index is 7.62. The summed E-state index contributed by atoms with van der Waals surface area (Å²) in [4.78, 5) is 0. The number of hydrogen-bond acceptors (Lipinski definition) is 2.